The Bertz CT molecular complexity index is 858. The zero-order valence-corrected chi connectivity index (χ0v) is 23.1. The molecule has 2 saturated carbocycles. The lowest BCUT2D eigenvalue weighted by atomic mass is 9.43. The van der Waals surface area contributed by atoms with E-state index in [2.05, 4.69) is 41.5 Å². The summed E-state index contributed by atoms with van der Waals surface area (Å²) >= 11 is 0. The number of allylic oxidation sites excluding steroid dienone is 2. The van der Waals surface area contributed by atoms with Gasteiger partial charge in [-0.25, -0.2) is 0 Å². The average Bonchev–Trinajstić information content (AvgIpc) is 3.02. The number of hydrogen-bond donors (Lipinski definition) is 2. The van der Waals surface area contributed by atoms with Crippen LogP contribution in [-0.4, -0.2) is 28.1 Å². The normalized spacial score (nSPS) is 43.7. The second kappa shape index (κ2) is 8.48. The first-order valence-corrected chi connectivity index (χ1v) is 14.1. The predicted molar refractivity (Wildman–Crippen MR) is 135 cm³/mol. The van der Waals surface area contributed by atoms with Crippen molar-refractivity contribution in [3.05, 3.63) is 11.1 Å². The van der Waals surface area contributed by atoms with Gasteiger partial charge in [0.05, 0.1) is 6.10 Å². The Hall–Kier alpha value is -0.550. The molecule has 0 aromatic heterocycles. The molecule has 0 spiro atoms. The summed E-state index contributed by atoms with van der Waals surface area (Å²) in [6, 6.07) is 0. The smallest absolute Gasteiger partial charge is 0.393 e. The maximum atomic E-state index is 13.1. The summed E-state index contributed by atoms with van der Waals surface area (Å²) < 4.78 is 39.3. The van der Waals surface area contributed by atoms with Crippen molar-refractivity contribution in [2.75, 3.05) is 0 Å². The molecule has 0 radical (unpaired) electrons. The SMILES string of the molecule is C[C@H](CCCC(C)(O)C(F)(F)F)[C@H]1CC[C@@]2(C)C3=C(CC[C@]12C)[C@@]1(C)CC[C@H](O)C(C)(C)[C@@H]1CC3. The molecule has 5 heteroatoms. The van der Waals surface area contributed by atoms with Crippen molar-refractivity contribution >= 4 is 0 Å². The number of halogens is 3. The van der Waals surface area contributed by atoms with Crippen LogP contribution in [0.15, 0.2) is 11.1 Å². The van der Waals surface area contributed by atoms with Gasteiger partial charge in [-0.15, -0.1) is 0 Å². The summed E-state index contributed by atoms with van der Waals surface area (Å²) in [4.78, 5) is 0. The van der Waals surface area contributed by atoms with Crippen LogP contribution in [0.4, 0.5) is 13.2 Å². The minimum atomic E-state index is -4.57. The fourth-order valence-corrected chi connectivity index (χ4v) is 9.74. The molecule has 2 N–H and O–H groups in total. The van der Waals surface area contributed by atoms with Crippen molar-refractivity contribution in [2.24, 2.45) is 39.4 Å². The molecular formula is C30H49F3O2. The van der Waals surface area contributed by atoms with E-state index in [0.29, 0.717) is 24.2 Å². The standard InChI is InChI=1S/C30H49F3O2/c1-19(9-8-15-29(7,35)30(31,32)33)20-12-17-28(6)22-10-11-23-25(2,3)24(34)14-16-26(23,4)21(22)13-18-27(20,28)5/h19-20,23-24,34-35H,8-18H2,1-7H3/t19-,20-,23+,24+,26-,27-,28+,29?/m1/s1. The van der Waals surface area contributed by atoms with E-state index in [1.165, 1.54) is 6.42 Å². The highest BCUT2D eigenvalue weighted by Gasteiger charge is 2.63. The number of hydrogen-bond acceptors (Lipinski definition) is 2. The largest absolute Gasteiger partial charge is 0.416 e. The first-order chi connectivity index (χ1) is 15.9. The van der Waals surface area contributed by atoms with E-state index in [4.69, 9.17) is 0 Å². The molecule has 4 rings (SSSR count). The Morgan fingerprint density at radius 2 is 1.60 bits per heavy atom. The van der Waals surface area contributed by atoms with Crippen molar-refractivity contribution in [1.82, 2.24) is 0 Å². The van der Waals surface area contributed by atoms with Crippen molar-refractivity contribution in [2.45, 2.75) is 137 Å². The quantitative estimate of drug-likeness (QED) is 0.375. The molecule has 0 amide bonds. The zero-order valence-electron chi connectivity index (χ0n) is 23.1. The number of alkyl halides is 3. The molecule has 0 saturated heterocycles. The molecule has 0 aliphatic heterocycles. The van der Waals surface area contributed by atoms with Crippen LogP contribution in [0.2, 0.25) is 0 Å². The fourth-order valence-electron chi connectivity index (χ4n) is 9.74. The van der Waals surface area contributed by atoms with Crippen LogP contribution < -0.4 is 0 Å². The summed E-state index contributed by atoms with van der Waals surface area (Å²) in [6.45, 7) is 15.1. The van der Waals surface area contributed by atoms with E-state index in [1.807, 2.05) is 0 Å². The molecule has 1 unspecified atom stereocenters. The van der Waals surface area contributed by atoms with Gasteiger partial charge in [-0.3, -0.25) is 0 Å². The summed E-state index contributed by atoms with van der Waals surface area (Å²) in [5, 5.41) is 20.7. The van der Waals surface area contributed by atoms with Gasteiger partial charge in [0.2, 0.25) is 0 Å². The van der Waals surface area contributed by atoms with Gasteiger partial charge in [0.15, 0.2) is 5.60 Å². The molecule has 0 heterocycles. The molecule has 35 heavy (non-hydrogen) atoms. The summed E-state index contributed by atoms with van der Waals surface area (Å²) in [5.74, 6) is 1.37. The van der Waals surface area contributed by atoms with Crippen LogP contribution in [0.1, 0.15) is 119 Å². The third kappa shape index (κ3) is 3.96. The lowest BCUT2D eigenvalue weighted by molar-refractivity contribution is -0.255. The first kappa shape index (κ1) is 27.5. The zero-order chi connectivity index (χ0) is 26.2. The van der Waals surface area contributed by atoms with Gasteiger partial charge in [0, 0.05) is 0 Å². The second-order valence-electron chi connectivity index (χ2n) is 14.4. The molecule has 2 fully saturated rings. The van der Waals surface area contributed by atoms with E-state index in [-0.39, 0.29) is 34.2 Å². The highest BCUT2D eigenvalue weighted by molar-refractivity contribution is 5.38. The average molecular weight is 499 g/mol. The molecule has 8 atom stereocenters. The van der Waals surface area contributed by atoms with Crippen molar-refractivity contribution in [3.63, 3.8) is 0 Å². The monoisotopic (exact) mass is 498 g/mol. The third-order valence-corrected chi connectivity index (χ3v) is 12.4. The predicted octanol–water partition coefficient (Wildman–Crippen LogP) is 8.22. The minimum Gasteiger partial charge on any atom is -0.393 e. The van der Waals surface area contributed by atoms with Crippen LogP contribution >= 0.6 is 0 Å². The van der Waals surface area contributed by atoms with Gasteiger partial charge in [-0.05, 0) is 111 Å². The molecule has 2 nitrogen and oxygen atoms in total. The first-order valence-electron chi connectivity index (χ1n) is 14.1. The van der Waals surface area contributed by atoms with Crippen LogP contribution in [0.25, 0.3) is 0 Å². The van der Waals surface area contributed by atoms with E-state index in [9.17, 15) is 23.4 Å². The highest BCUT2D eigenvalue weighted by atomic mass is 19.4. The van der Waals surface area contributed by atoms with Gasteiger partial charge in [-0.2, -0.15) is 13.2 Å². The lowest BCUT2D eigenvalue weighted by Crippen LogP contribution is -2.55. The van der Waals surface area contributed by atoms with Crippen molar-refractivity contribution < 1.29 is 23.4 Å². The minimum absolute atomic E-state index is 0.0580. The van der Waals surface area contributed by atoms with Gasteiger partial charge < -0.3 is 10.2 Å². The number of aliphatic hydroxyl groups excluding tert-OH is 1. The summed E-state index contributed by atoms with van der Waals surface area (Å²) in [5.41, 5.74) is 1.25. The van der Waals surface area contributed by atoms with Gasteiger partial charge in [0.25, 0.3) is 0 Å². The van der Waals surface area contributed by atoms with Crippen molar-refractivity contribution in [1.29, 1.82) is 0 Å². The number of fused-ring (bicyclic) bond motifs is 4. The summed E-state index contributed by atoms with van der Waals surface area (Å²) in [7, 11) is 0. The second-order valence-corrected chi connectivity index (χ2v) is 14.4. The van der Waals surface area contributed by atoms with Gasteiger partial charge in [-0.1, -0.05) is 59.1 Å². The Kier molecular flexibility index (Phi) is 6.66. The molecular weight excluding hydrogens is 449 g/mol. The van der Waals surface area contributed by atoms with Crippen molar-refractivity contribution in [3.8, 4) is 0 Å². The lowest BCUT2D eigenvalue weighted by Gasteiger charge is -2.62. The van der Waals surface area contributed by atoms with Crippen LogP contribution in [0.3, 0.4) is 0 Å². The summed E-state index contributed by atoms with van der Waals surface area (Å²) in [6.07, 6.45) is 4.97. The maximum absolute atomic E-state index is 13.1. The Morgan fingerprint density at radius 1 is 0.943 bits per heavy atom. The van der Waals surface area contributed by atoms with Crippen LogP contribution in [-0.2, 0) is 0 Å². The third-order valence-electron chi connectivity index (χ3n) is 12.4. The van der Waals surface area contributed by atoms with Crippen LogP contribution in [0, 0.1) is 39.4 Å². The molecule has 0 aromatic rings. The molecule has 0 bridgehead atoms. The molecule has 0 aromatic carbocycles. The molecule has 202 valence electrons. The maximum Gasteiger partial charge on any atom is 0.416 e. The van der Waals surface area contributed by atoms with E-state index in [0.717, 1.165) is 58.3 Å². The molecule has 4 aliphatic carbocycles. The Labute approximate surface area is 211 Å². The molecule has 4 aliphatic rings. The van der Waals surface area contributed by atoms with E-state index < -0.39 is 11.8 Å². The van der Waals surface area contributed by atoms with Gasteiger partial charge in [0.1, 0.15) is 0 Å². The van der Waals surface area contributed by atoms with E-state index in [1.54, 1.807) is 11.1 Å². The van der Waals surface area contributed by atoms with Gasteiger partial charge >= 0.3 is 6.18 Å². The fraction of sp³-hybridized carbons (Fsp3) is 0.933. The number of rotatable bonds is 5. The van der Waals surface area contributed by atoms with Crippen LogP contribution in [0.5, 0.6) is 0 Å². The Balaban J connectivity index is 1.55. The topological polar surface area (TPSA) is 40.5 Å². The highest BCUT2D eigenvalue weighted by Crippen LogP contribution is 2.72. The van der Waals surface area contributed by atoms with E-state index >= 15 is 0 Å². The Morgan fingerprint density at radius 3 is 2.23 bits per heavy atom. The number of aliphatic hydroxyl groups is 2.